The van der Waals surface area contributed by atoms with Crippen LogP contribution in [0.4, 0.5) is 5.69 Å². The molecule has 0 fully saturated rings. The summed E-state index contributed by atoms with van der Waals surface area (Å²) < 4.78 is 15.7. The first-order chi connectivity index (χ1) is 13.0. The molecule has 27 heavy (non-hydrogen) atoms. The number of anilines is 1. The first-order valence-electron chi connectivity index (χ1n) is 7.97. The fraction of sp³-hybridized carbons (Fsp3) is 0.200. The predicted octanol–water partition coefficient (Wildman–Crippen LogP) is 2.06. The molecule has 2 aromatic carbocycles. The van der Waals surface area contributed by atoms with Gasteiger partial charge in [-0.15, -0.1) is 6.42 Å². The number of carbonyl (C=O) groups excluding carboxylic acids is 2. The van der Waals surface area contributed by atoms with E-state index in [1.54, 1.807) is 30.3 Å². The predicted molar refractivity (Wildman–Crippen MR) is 101 cm³/mol. The molecule has 0 heterocycles. The highest BCUT2D eigenvalue weighted by Gasteiger charge is 2.21. The van der Waals surface area contributed by atoms with Gasteiger partial charge in [-0.3, -0.25) is 9.59 Å². The minimum Gasteiger partial charge on any atom is -0.493 e. The lowest BCUT2D eigenvalue weighted by Crippen LogP contribution is -2.33. The van der Waals surface area contributed by atoms with Gasteiger partial charge in [0, 0.05) is 11.3 Å². The third-order valence-corrected chi connectivity index (χ3v) is 3.67. The van der Waals surface area contributed by atoms with Crippen molar-refractivity contribution in [3.63, 3.8) is 0 Å². The molecule has 0 saturated heterocycles. The molecule has 0 aliphatic rings. The van der Waals surface area contributed by atoms with Gasteiger partial charge in [0.15, 0.2) is 11.5 Å². The number of carbonyl (C=O) groups is 2. The van der Waals surface area contributed by atoms with Crippen molar-refractivity contribution in [1.29, 1.82) is 0 Å². The molecule has 0 saturated carbocycles. The summed E-state index contributed by atoms with van der Waals surface area (Å²) in [5.41, 5.74) is 1.41. The van der Waals surface area contributed by atoms with Crippen LogP contribution in [-0.4, -0.2) is 39.7 Å². The Labute approximate surface area is 157 Å². The quantitative estimate of drug-likeness (QED) is 0.731. The van der Waals surface area contributed by atoms with Gasteiger partial charge < -0.3 is 24.8 Å². The second-order valence-electron chi connectivity index (χ2n) is 5.34. The Bertz CT molecular complexity index is 886. The number of hydrogen-bond donors (Lipinski definition) is 2. The minimum atomic E-state index is -0.486. The Hall–Kier alpha value is -3.66. The molecule has 0 bridgehead atoms. The van der Waals surface area contributed by atoms with Crippen molar-refractivity contribution in [3.8, 4) is 29.6 Å². The summed E-state index contributed by atoms with van der Waals surface area (Å²) >= 11 is 0. The van der Waals surface area contributed by atoms with E-state index in [0.717, 1.165) is 0 Å². The van der Waals surface area contributed by atoms with E-state index in [4.69, 9.17) is 20.6 Å². The van der Waals surface area contributed by atoms with Crippen molar-refractivity contribution in [2.75, 3.05) is 33.2 Å². The van der Waals surface area contributed by atoms with Crippen LogP contribution in [0.1, 0.15) is 15.9 Å². The van der Waals surface area contributed by atoms with Crippen molar-refractivity contribution in [2.45, 2.75) is 0 Å². The van der Waals surface area contributed by atoms with E-state index < -0.39 is 11.8 Å². The zero-order valence-electron chi connectivity index (χ0n) is 15.3. The third kappa shape index (κ3) is 4.70. The highest BCUT2D eigenvalue weighted by Crippen LogP contribution is 2.39. The number of benzene rings is 2. The summed E-state index contributed by atoms with van der Waals surface area (Å²) in [5.74, 6) is 2.55. The van der Waals surface area contributed by atoms with Crippen molar-refractivity contribution in [3.05, 3.63) is 47.5 Å². The number of terminal acetylenes is 1. The fourth-order valence-electron chi connectivity index (χ4n) is 2.43. The van der Waals surface area contributed by atoms with Crippen molar-refractivity contribution in [2.24, 2.45) is 0 Å². The van der Waals surface area contributed by atoms with Crippen LogP contribution in [-0.2, 0) is 4.79 Å². The van der Waals surface area contributed by atoms with Crippen LogP contribution in [0.3, 0.4) is 0 Å². The van der Waals surface area contributed by atoms with E-state index in [0.29, 0.717) is 22.7 Å². The summed E-state index contributed by atoms with van der Waals surface area (Å²) in [7, 11) is 4.34. The largest absolute Gasteiger partial charge is 0.493 e. The molecule has 2 N–H and O–H groups in total. The molecule has 0 atom stereocenters. The second-order valence-corrected chi connectivity index (χ2v) is 5.34. The van der Waals surface area contributed by atoms with Gasteiger partial charge in [0.05, 0.1) is 33.4 Å². The number of hydrogen-bond acceptors (Lipinski definition) is 5. The summed E-state index contributed by atoms with van der Waals surface area (Å²) in [4.78, 5) is 24.5. The first-order valence-corrected chi connectivity index (χ1v) is 7.97. The number of methoxy groups -OCH3 is 3. The van der Waals surface area contributed by atoms with Crippen LogP contribution in [0.2, 0.25) is 0 Å². The maximum atomic E-state index is 12.5. The molecule has 7 heteroatoms. The standard InChI is InChI=1S/C20H20N2O5/c1-5-13-7-6-8-14(11-13)22-17(23)12-21-20(24)15-9-10-16(25-2)19(27-4)18(15)26-3/h1,6-11H,12H2,2-4H3,(H,21,24)(H,22,23). The summed E-state index contributed by atoms with van der Waals surface area (Å²) in [6, 6.07) is 9.97. The van der Waals surface area contributed by atoms with Gasteiger partial charge in [-0.2, -0.15) is 0 Å². The first kappa shape index (κ1) is 19.7. The molecule has 0 spiro atoms. The number of nitrogens with one attached hydrogen (secondary N) is 2. The number of amides is 2. The van der Waals surface area contributed by atoms with Crippen molar-refractivity contribution in [1.82, 2.24) is 5.32 Å². The monoisotopic (exact) mass is 368 g/mol. The Morgan fingerprint density at radius 1 is 1.04 bits per heavy atom. The molecule has 0 aromatic heterocycles. The average molecular weight is 368 g/mol. The number of ether oxygens (including phenoxy) is 3. The minimum absolute atomic E-state index is 0.219. The normalized spacial score (nSPS) is 9.70. The molecule has 0 aliphatic heterocycles. The van der Waals surface area contributed by atoms with Crippen LogP contribution in [0.5, 0.6) is 17.2 Å². The van der Waals surface area contributed by atoms with Gasteiger partial charge in [-0.05, 0) is 30.3 Å². The third-order valence-electron chi connectivity index (χ3n) is 3.67. The fourth-order valence-corrected chi connectivity index (χ4v) is 2.43. The van der Waals surface area contributed by atoms with E-state index in [1.165, 1.54) is 27.4 Å². The lowest BCUT2D eigenvalue weighted by molar-refractivity contribution is -0.115. The molecule has 2 amide bonds. The van der Waals surface area contributed by atoms with Crippen LogP contribution in [0, 0.1) is 12.3 Å². The maximum absolute atomic E-state index is 12.5. The molecule has 0 radical (unpaired) electrons. The lowest BCUT2D eigenvalue weighted by atomic mass is 10.1. The van der Waals surface area contributed by atoms with Crippen molar-refractivity contribution < 1.29 is 23.8 Å². The summed E-state index contributed by atoms with van der Waals surface area (Å²) in [6.45, 7) is -0.226. The van der Waals surface area contributed by atoms with Crippen LogP contribution >= 0.6 is 0 Å². The smallest absolute Gasteiger partial charge is 0.255 e. The van der Waals surface area contributed by atoms with E-state index in [1.807, 2.05) is 0 Å². The molecule has 0 unspecified atom stereocenters. The summed E-state index contributed by atoms with van der Waals surface area (Å²) in [5, 5.41) is 5.21. The van der Waals surface area contributed by atoms with Gasteiger partial charge in [0.25, 0.3) is 5.91 Å². The average Bonchev–Trinajstić information content (AvgIpc) is 2.70. The Kier molecular flexibility index (Phi) is 6.67. The van der Waals surface area contributed by atoms with E-state index in [-0.39, 0.29) is 17.9 Å². The lowest BCUT2D eigenvalue weighted by Gasteiger charge is -2.15. The van der Waals surface area contributed by atoms with Gasteiger partial charge in [-0.25, -0.2) is 0 Å². The highest BCUT2D eigenvalue weighted by molar-refractivity contribution is 6.01. The Morgan fingerprint density at radius 2 is 1.78 bits per heavy atom. The highest BCUT2D eigenvalue weighted by atomic mass is 16.5. The maximum Gasteiger partial charge on any atom is 0.255 e. The van der Waals surface area contributed by atoms with Crippen LogP contribution < -0.4 is 24.8 Å². The zero-order valence-corrected chi connectivity index (χ0v) is 15.3. The molecular formula is C20H20N2O5. The second kappa shape index (κ2) is 9.15. The topological polar surface area (TPSA) is 85.9 Å². The van der Waals surface area contributed by atoms with Gasteiger partial charge in [0.2, 0.25) is 11.7 Å². The zero-order chi connectivity index (χ0) is 19.8. The number of rotatable bonds is 7. The van der Waals surface area contributed by atoms with E-state index in [9.17, 15) is 9.59 Å². The summed E-state index contributed by atoms with van der Waals surface area (Å²) in [6.07, 6.45) is 5.33. The molecular weight excluding hydrogens is 348 g/mol. The van der Waals surface area contributed by atoms with E-state index >= 15 is 0 Å². The SMILES string of the molecule is C#Cc1cccc(NC(=O)CNC(=O)c2ccc(OC)c(OC)c2OC)c1. The van der Waals surface area contributed by atoms with Crippen LogP contribution in [0.25, 0.3) is 0 Å². The van der Waals surface area contributed by atoms with Gasteiger partial charge >= 0.3 is 0 Å². The molecule has 7 nitrogen and oxygen atoms in total. The van der Waals surface area contributed by atoms with Gasteiger partial charge in [0.1, 0.15) is 0 Å². The molecule has 140 valence electrons. The Balaban J connectivity index is 2.07. The Morgan fingerprint density at radius 3 is 2.41 bits per heavy atom. The van der Waals surface area contributed by atoms with Crippen LogP contribution in [0.15, 0.2) is 36.4 Å². The van der Waals surface area contributed by atoms with Gasteiger partial charge in [-0.1, -0.05) is 12.0 Å². The molecule has 2 aromatic rings. The van der Waals surface area contributed by atoms with E-state index in [2.05, 4.69) is 16.6 Å². The van der Waals surface area contributed by atoms with Crippen molar-refractivity contribution >= 4 is 17.5 Å². The molecule has 2 rings (SSSR count). The molecule has 0 aliphatic carbocycles.